The van der Waals surface area contributed by atoms with Gasteiger partial charge >= 0.3 is 0 Å². The van der Waals surface area contributed by atoms with Crippen LogP contribution in [0.2, 0.25) is 5.02 Å². The van der Waals surface area contributed by atoms with Gasteiger partial charge in [0.15, 0.2) is 5.96 Å². The van der Waals surface area contributed by atoms with Gasteiger partial charge in [-0.05, 0) is 55.2 Å². The molecule has 1 aromatic carbocycles. The van der Waals surface area contributed by atoms with Gasteiger partial charge in [0.2, 0.25) is 0 Å². The van der Waals surface area contributed by atoms with E-state index in [9.17, 15) is 0 Å². The first kappa shape index (κ1) is 22.4. The molecule has 1 aliphatic heterocycles. The Morgan fingerprint density at radius 2 is 1.86 bits per heavy atom. The Morgan fingerprint density at radius 3 is 2.52 bits per heavy atom. The first-order chi connectivity index (χ1) is 14.1. The Balaban J connectivity index is 1.63. The first-order valence-electron chi connectivity index (χ1n) is 10.9. The van der Waals surface area contributed by atoms with Gasteiger partial charge in [0.05, 0.1) is 0 Å². The fourth-order valence-corrected chi connectivity index (χ4v) is 5.04. The number of guanidine groups is 1. The molecule has 3 rings (SSSR count). The Morgan fingerprint density at radius 1 is 1.14 bits per heavy atom. The molecule has 0 amide bonds. The SMILES string of the molecule is CN=C(NCC1(CCOC)CCCC1)NCC1(c2cccc(Cl)c2)CCOCC1. The smallest absolute Gasteiger partial charge is 0.191 e. The van der Waals surface area contributed by atoms with Gasteiger partial charge in [0.25, 0.3) is 0 Å². The molecule has 0 atom stereocenters. The topological polar surface area (TPSA) is 54.9 Å². The van der Waals surface area contributed by atoms with E-state index in [1.54, 1.807) is 7.11 Å². The fraction of sp³-hybridized carbons (Fsp3) is 0.696. The molecule has 0 spiro atoms. The van der Waals surface area contributed by atoms with Crippen molar-refractivity contribution in [3.05, 3.63) is 34.9 Å². The molecule has 0 unspecified atom stereocenters. The number of halogens is 1. The van der Waals surface area contributed by atoms with Crippen LogP contribution in [-0.4, -0.2) is 53.0 Å². The van der Waals surface area contributed by atoms with E-state index in [2.05, 4.69) is 27.8 Å². The summed E-state index contributed by atoms with van der Waals surface area (Å²) < 4.78 is 11.0. The summed E-state index contributed by atoms with van der Waals surface area (Å²) >= 11 is 6.30. The maximum absolute atomic E-state index is 6.30. The molecule has 5 nitrogen and oxygen atoms in total. The van der Waals surface area contributed by atoms with Crippen LogP contribution in [0, 0.1) is 5.41 Å². The minimum Gasteiger partial charge on any atom is -0.385 e. The van der Waals surface area contributed by atoms with Crippen molar-refractivity contribution in [2.75, 3.05) is 47.1 Å². The van der Waals surface area contributed by atoms with Crippen LogP contribution in [0.4, 0.5) is 0 Å². The third kappa shape index (κ3) is 5.87. The second kappa shape index (κ2) is 10.6. The Kier molecular flexibility index (Phi) is 8.22. The van der Waals surface area contributed by atoms with Crippen molar-refractivity contribution in [1.82, 2.24) is 10.6 Å². The van der Waals surface area contributed by atoms with Crippen molar-refractivity contribution in [1.29, 1.82) is 0 Å². The Hall–Kier alpha value is -1.30. The van der Waals surface area contributed by atoms with Crippen LogP contribution in [0.15, 0.2) is 29.3 Å². The molecule has 0 bridgehead atoms. The highest BCUT2D eigenvalue weighted by molar-refractivity contribution is 6.30. The van der Waals surface area contributed by atoms with E-state index in [1.165, 1.54) is 31.2 Å². The van der Waals surface area contributed by atoms with E-state index in [-0.39, 0.29) is 5.41 Å². The highest BCUT2D eigenvalue weighted by atomic mass is 35.5. The summed E-state index contributed by atoms with van der Waals surface area (Å²) in [4.78, 5) is 4.49. The summed E-state index contributed by atoms with van der Waals surface area (Å²) in [5.41, 5.74) is 1.63. The standard InChI is InChI=1S/C23H36ClN3O2/c1-25-21(26-17-22(10-13-28-2)8-3-4-9-22)27-18-23(11-14-29-15-12-23)19-6-5-7-20(24)16-19/h5-7,16H,3-4,8-15,17-18H2,1-2H3,(H2,25,26,27). The van der Waals surface area contributed by atoms with Gasteiger partial charge in [-0.2, -0.15) is 0 Å². The molecule has 0 radical (unpaired) electrons. The second-order valence-corrected chi connectivity index (χ2v) is 9.07. The molecule has 29 heavy (non-hydrogen) atoms. The Labute approximate surface area is 180 Å². The highest BCUT2D eigenvalue weighted by Gasteiger charge is 2.36. The molecular weight excluding hydrogens is 386 g/mol. The fourth-order valence-electron chi connectivity index (χ4n) is 4.85. The summed E-state index contributed by atoms with van der Waals surface area (Å²) in [6, 6.07) is 8.27. The largest absolute Gasteiger partial charge is 0.385 e. The van der Waals surface area contributed by atoms with Crippen molar-refractivity contribution in [2.24, 2.45) is 10.4 Å². The monoisotopic (exact) mass is 421 g/mol. The van der Waals surface area contributed by atoms with E-state index < -0.39 is 0 Å². The lowest BCUT2D eigenvalue weighted by Crippen LogP contribution is -2.49. The summed E-state index contributed by atoms with van der Waals surface area (Å²) in [7, 11) is 3.64. The summed E-state index contributed by atoms with van der Waals surface area (Å²) in [5.74, 6) is 0.876. The van der Waals surface area contributed by atoms with Crippen LogP contribution in [0.1, 0.15) is 50.5 Å². The van der Waals surface area contributed by atoms with Gasteiger partial charge in [-0.25, -0.2) is 0 Å². The zero-order chi connectivity index (χ0) is 20.6. The van der Waals surface area contributed by atoms with Crippen molar-refractivity contribution in [3.8, 4) is 0 Å². The minimum absolute atomic E-state index is 0.0157. The van der Waals surface area contributed by atoms with E-state index in [0.29, 0.717) is 5.41 Å². The van der Waals surface area contributed by atoms with Crippen molar-refractivity contribution < 1.29 is 9.47 Å². The molecule has 2 N–H and O–H groups in total. The first-order valence-corrected chi connectivity index (χ1v) is 11.3. The number of hydrogen-bond acceptors (Lipinski definition) is 3. The van der Waals surface area contributed by atoms with Crippen LogP contribution < -0.4 is 10.6 Å². The zero-order valence-electron chi connectivity index (χ0n) is 17.9. The number of rotatable bonds is 8. The maximum Gasteiger partial charge on any atom is 0.191 e. The molecule has 2 aliphatic rings. The molecule has 1 saturated heterocycles. The van der Waals surface area contributed by atoms with E-state index >= 15 is 0 Å². The van der Waals surface area contributed by atoms with Crippen LogP contribution >= 0.6 is 11.6 Å². The van der Waals surface area contributed by atoms with Crippen LogP contribution in [0.5, 0.6) is 0 Å². The van der Waals surface area contributed by atoms with Crippen molar-refractivity contribution in [3.63, 3.8) is 0 Å². The number of nitrogens with zero attached hydrogens (tertiary/aromatic N) is 1. The molecule has 1 saturated carbocycles. The zero-order valence-corrected chi connectivity index (χ0v) is 18.7. The average molecular weight is 422 g/mol. The number of nitrogens with one attached hydrogen (secondary N) is 2. The van der Waals surface area contributed by atoms with Gasteiger partial charge in [-0.1, -0.05) is 36.6 Å². The third-order valence-electron chi connectivity index (χ3n) is 6.84. The van der Waals surface area contributed by atoms with Gasteiger partial charge in [0, 0.05) is 57.5 Å². The summed E-state index contributed by atoms with van der Waals surface area (Å²) in [6.07, 6.45) is 8.24. The minimum atomic E-state index is 0.0157. The lowest BCUT2D eigenvalue weighted by molar-refractivity contribution is 0.0513. The van der Waals surface area contributed by atoms with Crippen LogP contribution in [0.25, 0.3) is 0 Å². The highest BCUT2D eigenvalue weighted by Crippen LogP contribution is 2.40. The molecule has 1 aromatic rings. The number of aliphatic imine (C=N–C) groups is 1. The average Bonchev–Trinajstić information content (AvgIpc) is 3.22. The van der Waals surface area contributed by atoms with Gasteiger partial charge < -0.3 is 20.1 Å². The van der Waals surface area contributed by atoms with E-state index in [1.807, 2.05) is 19.2 Å². The normalized spacial score (nSPS) is 21.1. The maximum atomic E-state index is 6.30. The number of benzene rings is 1. The van der Waals surface area contributed by atoms with E-state index in [0.717, 1.165) is 63.2 Å². The molecule has 0 aromatic heterocycles. The number of methoxy groups -OCH3 is 1. The second-order valence-electron chi connectivity index (χ2n) is 8.63. The number of hydrogen-bond donors (Lipinski definition) is 2. The summed E-state index contributed by atoms with van der Waals surface area (Å²) in [5, 5.41) is 8.00. The van der Waals surface area contributed by atoms with Gasteiger partial charge in [-0.3, -0.25) is 4.99 Å². The van der Waals surface area contributed by atoms with Gasteiger partial charge in [-0.15, -0.1) is 0 Å². The quantitative estimate of drug-likeness (QED) is 0.489. The molecule has 162 valence electrons. The van der Waals surface area contributed by atoms with Crippen LogP contribution in [0.3, 0.4) is 0 Å². The predicted octanol–water partition coefficient (Wildman–Crippen LogP) is 4.15. The predicted molar refractivity (Wildman–Crippen MR) is 120 cm³/mol. The van der Waals surface area contributed by atoms with Crippen molar-refractivity contribution >= 4 is 17.6 Å². The van der Waals surface area contributed by atoms with Gasteiger partial charge in [0.1, 0.15) is 0 Å². The molecule has 6 heteroatoms. The Bertz CT molecular complexity index is 668. The molecule has 2 fully saturated rings. The summed E-state index contributed by atoms with van der Waals surface area (Å²) in [6.45, 7) is 4.15. The molecule has 1 heterocycles. The van der Waals surface area contributed by atoms with E-state index in [4.69, 9.17) is 21.1 Å². The van der Waals surface area contributed by atoms with Crippen LogP contribution in [-0.2, 0) is 14.9 Å². The lowest BCUT2D eigenvalue weighted by atomic mass is 9.74. The molecule has 1 aliphatic carbocycles. The molecular formula is C23H36ClN3O2. The number of ether oxygens (including phenoxy) is 2. The lowest BCUT2D eigenvalue weighted by Gasteiger charge is -2.38. The van der Waals surface area contributed by atoms with Crippen molar-refractivity contribution in [2.45, 2.75) is 50.4 Å². The third-order valence-corrected chi connectivity index (χ3v) is 7.07.